The molecule has 0 bridgehead atoms. The molecule has 6 heteroatoms. The number of rotatable bonds is 9. The maximum Gasteiger partial charge on any atom is 0.141 e. The minimum absolute atomic E-state index is 0.209. The number of aliphatic hydroxyl groups excluding tert-OH is 1. The van der Waals surface area contributed by atoms with Crippen LogP contribution < -0.4 is 0 Å². The van der Waals surface area contributed by atoms with E-state index < -0.39 is 0 Å². The fraction of sp³-hybridized carbons (Fsp3) is 0.480. The number of aromatic nitrogens is 2. The van der Waals surface area contributed by atoms with Gasteiger partial charge in [-0.05, 0) is 56.1 Å². The molecule has 1 saturated heterocycles. The molecular weight excluding hydrogens is 406 g/mol. The molecule has 0 spiro atoms. The number of nitrogens with one attached hydrogen (secondary N) is 1. The number of piperidine rings is 1. The van der Waals surface area contributed by atoms with Gasteiger partial charge in [0.15, 0.2) is 0 Å². The van der Waals surface area contributed by atoms with Gasteiger partial charge in [0.1, 0.15) is 17.4 Å². The molecule has 2 atom stereocenters. The molecule has 166 valence electrons. The second-order valence-electron chi connectivity index (χ2n) is 8.45. The molecule has 2 aromatic carbocycles. The van der Waals surface area contributed by atoms with E-state index in [0.29, 0.717) is 0 Å². The molecule has 2 N–H and O–H groups in total. The van der Waals surface area contributed by atoms with E-state index in [1.807, 2.05) is 18.2 Å². The van der Waals surface area contributed by atoms with Gasteiger partial charge in [0.05, 0.1) is 17.1 Å². The van der Waals surface area contributed by atoms with Crippen LogP contribution in [0.25, 0.3) is 11.0 Å². The molecule has 3 aromatic rings. The van der Waals surface area contributed by atoms with Crippen molar-refractivity contribution < 1.29 is 9.84 Å². The van der Waals surface area contributed by atoms with Crippen LogP contribution in [0.1, 0.15) is 56.5 Å². The summed E-state index contributed by atoms with van der Waals surface area (Å²) in [5, 5.41) is 10.4. The smallest absolute Gasteiger partial charge is 0.141 e. The third-order valence-corrected chi connectivity index (χ3v) is 6.92. The number of aliphatic hydroxyl groups is 1. The summed E-state index contributed by atoms with van der Waals surface area (Å²) in [5.74, 6) is 0.841. The molecule has 0 amide bonds. The lowest BCUT2D eigenvalue weighted by atomic mass is 10.1. The quantitative estimate of drug-likeness (QED) is 0.347. The Balaban J connectivity index is 1.60. The van der Waals surface area contributed by atoms with Gasteiger partial charge in [-0.25, -0.2) is 4.98 Å². The number of imidazole rings is 1. The minimum atomic E-state index is -0.380. The molecule has 1 aromatic heterocycles. The number of hydrogen-bond acceptors (Lipinski definition) is 5. The van der Waals surface area contributed by atoms with Crippen molar-refractivity contribution in [2.24, 2.45) is 0 Å². The first-order chi connectivity index (χ1) is 15.1. The van der Waals surface area contributed by atoms with Crippen LogP contribution in [-0.4, -0.2) is 51.7 Å². The van der Waals surface area contributed by atoms with Gasteiger partial charge in [0.25, 0.3) is 0 Å². The number of unbranched alkanes of at least 4 members (excludes halogenated alkanes) is 1. The number of benzene rings is 2. The number of thioether (sulfide) groups is 1. The lowest BCUT2D eigenvalue weighted by Crippen LogP contribution is -2.35. The van der Waals surface area contributed by atoms with E-state index in [2.05, 4.69) is 54.2 Å². The zero-order valence-corrected chi connectivity index (χ0v) is 19.3. The minimum Gasteiger partial charge on any atom is -0.382 e. The van der Waals surface area contributed by atoms with Crippen molar-refractivity contribution in [3.05, 3.63) is 59.9 Å². The fourth-order valence-electron chi connectivity index (χ4n) is 4.06. The largest absolute Gasteiger partial charge is 0.382 e. The Hall–Kier alpha value is -1.86. The first kappa shape index (κ1) is 22.3. The Morgan fingerprint density at radius 2 is 2.00 bits per heavy atom. The van der Waals surface area contributed by atoms with E-state index in [9.17, 15) is 5.11 Å². The molecule has 31 heavy (non-hydrogen) atoms. The Bertz CT molecular complexity index is 935. The maximum absolute atomic E-state index is 10.4. The summed E-state index contributed by atoms with van der Waals surface area (Å²) in [6, 6.07) is 16.5. The number of ether oxygens (including phenoxy) is 1. The van der Waals surface area contributed by atoms with Crippen molar-refractivity contribution >= 4 is 22.8 Å². The molecule has 0 saturated carbocycles. The summed E-state index contributed by atoms with van der Waals surface area (Å²) in [6.07, 6.45) is 4.94. The topological polar surface area (TPSA) is 61.4 Å². The summed E-state index contributed by atoms with van der Waals surface area (Å²) in [6.45, 7) is 4.25. The van der Waals surface area contributed by atoms with Gasteiger partial charge in [0.2, 0.25) is 0 Å². The molecule has 0 radical (unpaired) electrons. The molecular formula is C25H33N3O2S. The van der Waals surface area contributed by atoms with Gasteiger partial charge in [-0.15, -0.1) is 0 Å². The molecule has 5 nitrogen and oxygen atoms in total. The summed E-state index contributed by atoms with van der Waals surface area (Å²) in [7, 11) is 2.16. The first-order valence-corrected chi connectivity index (χ1v) is 12.2. The highest BCUT2D eigenvalue weighted by atomic mass is 32.2. The normalized spacial score (nSPS) is 17.8. The average Bonchev–Trinajstić information content (AvgIpc) is 3.21. The molecule has 1 fully saturated rings. The fourth-order valence-corrected chi connectivity index (χ4v) is 5.02. The van der Waals surface area contributed by atoms with Crippen LogP contribution in [0.3, 0.4) is 0 Å². The second-order valence-corrected chi connectivity index (χ2v) is 9.70. The summed E-state index contributed by atoms with van der Waals surface area (Å²) in [5.41, 5.74) is 2.67. The SMILES string of the molecule is CCCCC(O)Sc1cccc(C(OC2CCN(C)CC2)c2nc3ccccc3[nH]2)c1. The maximum atomic E-state index is 10.4. The van der Waals surface area contributed by atoms with E-state index in [0.717, 1.165) is 72.5 Å². The van der Waals surface area contributed by atoms with E-state index in [4.69, 9.17) is 9.72 Å². The van der Waals surface area contributed by atoms with E-state index >= 15 is 0 Å². The van der Waals surface area contributed by atoms with Crippen molar-refractivity contribution in [1.82, 2.24) is 14.9 Å². The number of nitrogens with zero attached hydrogens (tertiary/aromatic N) is 2. The standard InChI is InChI=1S/C25H33N3O2S/c1-3-4-12-23(29)31-20-9-7-8-18(17-20)24(30-19-13-15-28(2)16-14-19)25-26-21-10-5-6-11-22(21)27-25/h5-11,17,19,23-24,29H,3-4,12-16H2,1-2H3,(H,26,27). The van der Waals surface area contributed by atoms with Gasteiger partial charge in [-0.1, -0.05) is 55.8 Å². The van der Waals surface area contributed by atoms with E-state index in [-0.39, 0.29) is 17.6 Å². The highest BCUT2D eigenvalue weighted by Crippen LogP contribution is 2.33. The van der Waals surface area contributed by atoms with Crippen LogP contribution in [0.15, 0.2) is 53.4 Å². The molecule has 2 unspecified atom stereocenters. The third-order valence-electron chi connectivity index (χ3n) is 5.89. The predicted molar refractivity (Wildman–Crippen MR) is 127 cm³/mol. The van der Waals surface area contributed by atoms with Gasteiger partial charge in [-0.3, -0.25) is 0 Å². The number of hydrogen-bond donors (Lipinski definition) is 2. The Morgan fingerprint density at radius 3 is 2.77 bits per heavy atom. The number of para-hydroxylation sites is 2. The highest BCUT2D eigenvalue weighted by molar-refractivity contribution is 7.99. The van der Waals surface area contributed by atoms with Crippen LogP contribution in [-0.2, 0) is 4.74 Å². The lowest BCUT2D eigenvalue weighted by Gasteiger charge is -2.31. The van der Waals surface area contributed by atoms with Gasteiger partial charge < -0.3 is 19.7 Å². The predicted octanol–water partition coefficient (Wildman–Crippen LogP) is 5.36. The summed E-state index contributed by atoms with van der Waals surface area (Å²) < 4.78 is 6.67. The van der Waals surface area contributed by atoms with Crippen LogP contribution in [0.2, 0.25) is 0 Å². The van der Waals surface area contributed by atoms with E-state index in [1.165, 1.54) is 11.8 Å². The monoisotopic (exact) mass is 439 g/mol. The zero-order valence-electron chi connectivity index (χ0n) is 18.5. The van der Waals surface area contributed by atoms with Crippen LogP contribution >= 0.6 is 11.8 Å². The average molecular weight is 440 g/mol. The Labute approximate surface area is 189 Å². The Kier molecular flexibility index (Phi) is 7.67. The number of H-pyrrole nitrogens is 1. The first-order valence-electron chi connectivity index (χ1n) is 11.4. The van der Waals surface area contributed by atoms with Crippen molar-refractivity contribution in [3.8, 4) is 0 Å². The molecule has 4 rings (SSSR count). The van der Waals surface area contributed by atoms with Crippen molar-refractivity contribution in [1.29, 1.82) is 0 Å². The zero-order chi connectivity index (χ0) is 21.6. The molecule has 1 aliphatic heterocycles. The molecule has 0 aliphatic carbocycles. The summed E-state index contributed by atoms with van der Waals surface area (Å²) in [4.78, 5) is 11.7. The number of aromatic amines is 1. The van der Waals surface area contributed by atoms with Crippen molar-refractivity contribution in [2.45, 2.75) is 61.6 Å². The van der Waals surface area contributed by atoms with Crippen LogP contribution in [0, 0.1) is 0 Å². The van der Waals surface area contributed by atoms with Gasteiger partial charge in [0, 0.05) is 18.0 Å². The van der Waals surface area contributed by atoms with E-state index in [1.54, 1.807) is 0 Å². The molecule has 1 aliphatic rings. The number of likely N-dealkylation sites (tertiary alicyclic amines) is 1. The van der Waals surface area contributed by atoms with Gasteiger partial charge in [-0.2, -0.15) is 0 Å². The van der Waals surface area contributed by atoms with Crippen LogP contribution in [0.4, 0.5) is 0 Å². The highest BCUT2D eigenvalue weighted by Gasteiger charge is 2.26. The Morgan fingerprint density at radius 1 is 1.19 bits per heavy atom. The summed E-state index contributed by atoms with van der Waals surface area (Å²) >= 11 is 1.52. The van der Waals surface area contributed by atoms with Crippen molar-refractivity contribution in [2.75, 3.05) is 20.1 Å². The third kappa shape index (κ3) is 5.89. The van der Waals surface area contributed by atoms with Crippen LogP contribution in [0.5, 0.6) is 0 Å². The number of fused-ring (bicyclic) bond motifs is 1. The molecule has 2 heterocycles. The van der Waals surface area contributed by atoms with Crippen molar-refractivity contribution in [3.63, 3.8) is 0 Å². The van der Waals surface area contributed by atoms with Gasteiger partial charge >= 0.3 is 0 Å². The second kappa shape index (κ2) is 10.6. The lowest BCUT2D eigenvalue weighted by molar-refractivity contribution is -0.0265.